The highest BCUT2D eigenvalue weighted by molar-refractivity contribution is 7.80. The van der Waals surface area contributed by atoms with Crippen LogP contribution in [0.3, 0.4) is 0 Å². The van der Waals surface area contributed by atoms with Gasteiger partial charge in [0.25, 0.3) is 0 Å². The van der Waals surface area contributed by atoms with E-state index in [2.05, 4.69) is 22.7 Å². The monoisotopic (exact) mass is 305 g/mol. The highest BCUT2D eigenvalue weighted by Crippen LogP contribution is 2.27. The average molecular weight is 306 g/mol. The molecule has 0 fully saturated rings. The van der Waals surface area contributed by atoms with Crippen LogP contribution in [0.5, 0.6) is 0 Å². The van der Waals surface area contributed by atoms with E-state index < -0.39 is 0 Å². The lowest BCUT2D eigenvalue weighted by Crippen LogP contribution is -2.23. The number of hydrogen-bond acceptors (Lipinski definition) is 3. The Balaban J connectivity index is 0.00000144. The van der Waals surface area contributed by atoms with Crippen molar-refractivity contribution in [1.82, 2.24) is 5.43 Å². The second-order valence-corrected chi connectivity index (χ2v) is 4.85. The zero-order valence-electron chi connectivity index (χ0n) is 8.51. The normalized spacial score (nSPS) is 10.4. The van der Waals surface area contributed by atoms with Crippen LogP contribution in [0, 0.1) is 0 Å². The summed E-state index contributed by atoms with van der Waals surface area (Å²) in [5.41, 5.74) is 8.76. The molecule has 3 N–H and O–H groups in total. The molecule has 0 atom stereocenters. The number of thiophene rings is 1. The van der Waals surface area contributed by atoms with E-state index in [1.54, 1.807) is 17.6 Å². The van der Waals surface area contributed by atoms with E-state index in [9.17, 15) is 0 Å². The summed E-state index contributed by atoms with van der Waals surface area (Å²) in [6.07, 6.45) is 1.67. The van der Waals surface area contributed by atoms with Crippen molar-refractivity contribution in [2.75, 3.05) is 0 Å². The standard InChI is InChI=1S/C10H8ClN3S2.ClH/c11-7-1-2-9-8(3-7)6(5-16-9)4-13-14-10(12)15;/h1-5H,(H3,12,14,15);1H/b13-4+;. The molecule has 0 aliphatic heterocycles. The van der Waals surface area contributed by atoms with E-state index in [1.165, 1.54) is 4.70 Å². The van der Waals surface area contributed by atoms with E-state index in [4.69, 9.17) is 17.3 Å². The van der Waals surface area contributed by atoms with Crippen molar-refractivity contribution < 1.29 is 0 Å². The molecule has 0 spiro atoms. The zero-order valence-corrected chi connectivity index (χ0v) is 11.7. The fraction of sp³-hybridized carbons (Fsp3) is 0. The first-order valence-electron chi connectivity index (χ1n) is 4.42. The van der Waals surface area contributed by atoms with E-state index in [1.807, 2.05) is 23.6 Å². The first-order chi connectivity index (χ1) is 7.66. The summed E-state index contributed by atoms with van der Waals surface area (Å²) in [6, 6.07) is 5.77. The molecule has 0 radical (unpaired) electrons. The SMILES string of the molecule is Cl.NC(=S)N/N=C/c1csc2ccc(Cl)cc12. The van der Waals surface area contributed by atoms with Crippen LogP contribution in [-0.4, -0.2) is 11.3 Å². The minimum absolute atomic E-state index is 0. The van der Waals surface area contributed by atoms with Gasteiger partial charge in [-0.15, -0.1) is 23.7 Å². The number of nitrogens with zero attached hydrogens (tertiary/aromatic N) is 1. The number of thiocarbonyl (C=S) groups is 1. The number of nitrogens with two attached hydrogens (primary N) is 1. The average Bonchev–Trinajstić information content (AvgIpc) is 2.60. The van der Waals surface area contributed by atoms with Crippen LogP contribution >= 0.6 is 47.6 Å². The van der Waals surface area contributed by atoms with Crippen molar-refractivity contribution in [3.05, 3.63) is 34.2 Å². The quantitative estimate of drug-likeness (QED) is 0.509. The predicted molar refractivity (Wildman–Crippen MR) is 81.6 cm³/mol. The number of hydrogen-bond donors (Lipinski definition) is 2. The van der Waals surface area contributed by atoms with Crippen molar-refractivity contribution >= 4 is 69.0 Å². The third-order valence-corrected chi connectivity index (χ3v) is 3.25. The van der Waals surface area contributed by atoms with Gasteiger partial charge in [0.05, 0.1) is 6.21 Å². The zero-order chi connectivity index (χ0) is 11.5. The van der Waals surface area contributed by atoms with Crippen LogP contribution in [0.15, 0.2) is 28.7 Å². The van der Waals surface area contributed by atoms with E-state index in [-0.39, 0.29) is 17.5 Å². The van der Waals surface area contributed by atoms with Gasteiger partial charge in [-0.3, -0.25) is 5.43 Å². The number of halogens is 2. The van der Waals surface area contributed by atoms with Gasteiger partial charge in [0.2, 0.25) is 0 Å². The number of nitrogens with one attached hydrogen (secondary N) is 1. The fourth-order valence-corrected chi connectivity index (χ4v) is 2.40. The van der Waals surface area contributed by atoms with Gasteiger partial charge in [-0.2, -0.15) is 5.10 Å². The minimum atomic E-state index is 0. The Bertz CT molecular complexity index is 566. The molecule has 2 rings (SSSR count). The Kier molecular flexibility index (Phi) is 5.14. The van der Waals surface area contributed by atoms with Crippen molar-refractivity contribution in [3.8, 4) is 0 Å². The molecule has 2 aromatic rings. The molecule has 0 bridgehead atoms. The maximum Gasteiger partial charge on any atom is 0.184 e. The van der Waals surface area contributed by atoms with Crippen LogP contribution in [0.25, 0.3) is 10.1 Å². The molecule has 1 aromatic carbocycles. The highest BCUT2D eigenvalue weighted by Gasteiger charge is 2.02. The molecule has 0 unspecified atom stereocenters. The number of fused-ring (bicyclic) bond motifs is 1. The molecule has 0 aliphatic rings. The summed E-state index contributed by atoms with van der Waals surface area (Å²) in [5, 5.41) is 7.85. The molecule has 17 heavy (non-hydrogen) atoms. The third-order valence-electron chi connectivity index (χ3n) is 1.94. The molecule has 0 aliphatic carbocycles. The highest BCUT2D eigenvalue weighted by atomic mass is 35.5. The first-order valence-corrected chi connectivity index (χ1v) is 6.08. The minimum Gasteiger partial charge on any atom is -0.375 e. The van der Waals surface area contributed by atoms with E-state index in [0.29, 0.717) is 5.02 Å². The number of benzene rings is 1. The summed E-state index contributed by atoms with van der Waals surface area (Å²) in [6.45, 7) is 0. The summed E-state index contributed by atoms with van der Waals surface area (Å²) < 4.78 is 1.17. The largest absolute Gasteiger partial charge is 0.375 e. The smallest absolute Gasteiger partial charge is 0.184 e. The van der Waals surface area contributed by atoms with Crippen LogP contribution in [0.4, 0.5) is 0 Å². The molecule has 7 heteroatoms. The molecule has 0 amide bonds. The second-order valence-electron chi connectivity index (χ2n) is 3.07. The third kappa shape index (κ3) is 3.54. The Morgan fingerprint density at radius 2 is 2.29 bits per heavy atom. The molecule has 90 valence electrons. The Morgan fingerprint density at radius 1 is 1.53 bits per heavy atom. The first kappa shape index (κ1) is 14.2. The lowest BCUT2D eigenvalue weighted by molar-refractivity contribution is 1.04. The van der Waals surface area contributed by atoms with Crippen LogP contribution in [-0.2, 0) is 0 Å². The van der Waals surface area contributed by atoms with E-state index in [0.717, 1.165) is 10.9 Å². The summed E-state index contributed by atoms with van der Waals surface area (Å²) in [4.78, 5) is 0. The van der Waals surface area contributed by atoms with Crippen molar-refractivity contribution in [2.45, 2.75) is 0 Å². The molecule has 3 nitrogen and oxygen atoms in total. The van der Waals surface area contributed by atoms with Gasteiger partial charge in [0.15, 0.2) is 5.11 Å². The summed E-state index contributed by atoms with van der Waals surface area (Å²) >= 11 is 12.2. The van der Waals surface area contributed by atoms with Gasteiger partial charge < -0.3 is 5.73 Å². The molecule has 0 saturated carbocycles. The van der Waals surface area contributed by atoms with Gasteiger partial charge in [0, 0.05) is 26.1 Å². The van der Waals surface area contributed by atoms with Crippen LogP contribution in [0.1, 0.15) is 5.56 Å². The molecule has 0 saturated heterocycles. The van der Waals surface area contributed by atoms with Gasteiger partial charge in [-0.1, -0.05) is 11.6 Å². The Morgan fingerprint density at radius 3 is 3.00 bits per heavy atom. The van der Waals surface area contributed by atoms with Crippen molar-refractivity contribution in [2.24, 2.45) is 10.8 Å². The second kappa shape index (κ2) is 6.16. The van der Waals surface area contributed by atoms with Gasteiger partial charge in [-0.05, 0) is 30.4 Å². The van der Waals surface area contributed by atoms with Gasteiger partial charge >= 0.3 is 0 Å². The van der Waals surface area contributed by atoms with Crippen molar-refractivity contribution in [3.63, 3.8) is 0 Å². The molecular weight excluding hydrogens is 297 g/mol. The maximum atomic E-state index is 5.94. The van der Waals surface area contributed by atoms with Crippen molar-refractivity contribution in [1.29, 1.82) is 0 Å². The van der Waals surface area contributed by atoms with Crippen LogP contribution < -0.4 is 11.2 Å². The summed E-state index contributed by atoms with van der Waals surface area (Å²) in [7, 11) is 0. The lowest BCUT2D eigenvalue weighted by atomic mass is 10.2. The predicted octanol–water partition coefficient (Wildman–Crippen LogP) is 3.14. The van der Waals surface area contributed by atoms with Gasteiger partial charge in [0.1, 0.15) is 0 Å². The van der Waals surface area contributed by atoms with Crippen LogP contribution in [0.2, 0.25) is 5.02 Å². The number of rotatable bonds is 2. The van der Waals surface area contributed by atoms with E-state index >= 15 is 0 Å². The Labute approximate surface area is 119 Å². The Hall–Kier alpha value is -0.880. The molecular formula is C10H9Cl2N3S2. The summed E-state index contributed by atoms with van der Waals surface area (Å²) in [5.74, 6) is 0. The molecule has 1 heterocycles. The lowest BCUT2D eigenvalue weighted by Gasteiger charge is -1.95. The number of hydrazone groups is 1. The maximum absolute atomic E-state index is 5.94. The molecule has 1 aromatic heterocycles. The topological polar surface area (TPSA) is 50.4 Å². The van der Waals surface area contributed by atoms with Gasteiger partial charge in [-0.25, -0.2) is 0 Å². The fourth-order valence-electron chi connectivity index (χ4n) is 1.29.